The second-order valence-corrected chi connectivity index (χ2v) is 1.97. The summed E-state index contributed by atoms with van der Waals surface area (Å²) in [6.45, 7) is 0. The van der Waals surface area contributed by atoms with Crippen LogP contribution in [0.1, 0.15) is 0 Å². The largest absolute Gasteiger partial charge is 0.573 e. The fourth-order valence-electron chi connectivity index (χ4n) is 0.343. The van der Waals surface area contributed by atoms with Crippen LogP contribution in [-0.4, -0.2) is 10.7 Å². The van der Waals surface area contributed by atoms with Gasteiger partial charge in [-0.3, -0.25) is 0 Å². The summed E-state index contributed by atoms with van der Waals surface area (Å²) in [4.78, 5) is 0. The Morgan fingerprint density at radius 1 is 1.60 bits per heavy atom. The Bertz CT molecular complexity index is 195. The highest BCUT2D eigenvalue weighted by atomic mass is 32.1. The number of hydrogen-bond donors (Lipinski definition) is 0. The Balaban J connectivity index is 2.57. The highest BCUT2D eigenvalue weighted by Gasteiger charge is 2.31. The van der Waals surface area contributed by atoms with Gasteiger partial charge in [0.1, 0.15) is 6.20 Å². The number of nitrogens with zero attached hydrogens (tertiary/aromatic N) is 1. The van der Waals surface area contributed by atoms with Gasteiger partial charge in [-0.1, -0.05) is 0 Å². The van der Waals surface area contributed by atoms with E-state index in [0.717, 1.165) is 16.9 Å². The Kier molecular flexibility index (Phi) is 1.80. The Morgan fingerprint density at radius 2 is 2.30 bits per heavy atom. The van der Waals surface area contributed by atoms with Crippen molar-refractivity contribution in [3.8, 4) is 5.75 Å². The van der Waals surface area contributed by atoms with E-state index in [-0.39, 0.29) is 0 Å². The predicted octanol–water partition coefficient (Wildman–Crippen LogP) is 1.84. The van der Waals surface area contributed by atoms with Crippen molar-refractivity contribution in [3.63, 3.8) is 0 Å². The molecule has 1 radical (unpaired) electrons. The van der Waals surface area contributed by atoms with Gasteiger partial charge >= 0.3 is 6.36 Å². The van der Waals surface area contributed by atoms with E-state index in [4.69, 9.17) is 0 Å². The second-order valence-electron chi connectivity index (χ2n) is 1.34. The highest BCUT2D eigenvalue weighted by Crippen LogP contribution is 2.22. The van der Waals surface area contributed by atoms with Gasteiger partial charge in [-0.25, -0.2) is 0 Å². The van der Waals surface area contributed by atoms with E-state index >= 15 is 0 Å². The van der Waals surface area contributed by atoms with E-state index in [0.29, 0.717) is 0 Å². The van der Waals surface area contributed by atoms with Crippen LogP contribution in [0.5, 0.6) is 5.75 Å². The molecule has 0 N–H and O–H groups in total. The Labute approximate surface area is 58.4 Å². The van der Waals surface area contributed by atoms with Crippen molar-refractivity contribution >= 4 is 11.5 Å². The topological polar surface area (TPSA) is 22.1 Å². The van der Waals surface area contributed by atoms with Gasteiger partial charge in [0.05, 0.1) is 5.38 Å². The minimum Gasteiger partial charge on any atom is -0.402 e. The van der Waals surface area contributed by atoms with Gasteiger partial charge in [-0.15, -0.1) is 13.2 Å². The normalized spacial score (nSPS) is 11.5. The number of aromatic nitrogens is 1. The molecule has 6 heteroatoms. The molecule has 0 spiro atoms. The molecule has 0 aliphatic rings. The quantitative estimate of drug-likeness (QED) is 0.638. The van der Waals surface area contributed by atoms with Crippen molar-refractivity contribution in [2.24, 2.45) is 0 Å². The molecule has 0 bridgehead atoms. The summed E-state index contributed by atoms with van der Waals surface area (Å²) < 4.78 is 40.8. The molecule has 0 saturated carbocycles. The minimum atomic E-state index is -4.64. The summed E-state index contributed by atoms with van der Waals surface area (Å²) in [6.07, 6.45) is -2.62. The number of alkyl halides is 3. The summed E-state index contributed by atoms with van der Waals surface area (Å²) in [5, 5.41) is 1.12. The zero-order valence-corrected chi connectivity index (χ0v) is 5.29. The number of rotatable bonds is 1. The molecule has 0 atom stereocenters. The van der Waals surface area contributed by atoms with Crippen molar-refractivity contribution in [1.82, 2.24) is 4.37 Å². The molecule has 1 rings (SSSR count). The standard InChI is InChI=1S/C4HF3NOS/c5-4(6,7)9-3-1-8-10-2-3/h2H. The number of hydrogen-bond acceptors (Lipinski definition) is 3. The first kappa shape index (κ1) is 7.33. The first-order chi connectivity index (χ1) is 4.58. The second kappa shape index (κ2) is 2.45. The fraction of sp³-hybridized carbons (Fsp3) is 0.250. The molecule has 0 aliphatic carbocycles. The van der Waals surface area contributed by atoms with E-state index in [1.54, 1.807) is 0 Å². The molecule has 2 nitrogen and oxygen atoms in total. The zero-order valence-electron chi connectivity index (χ0n) is 4.47. The van der Waals surface area contributed by atoms with E-state index < -0.39 is 12.1 Å². The van der Waals surface area contributed by atoms with Crippen LogP contribution in [0, 0.1) is 6.20 Å². The van der Waals surface area contributed by atoms with E-state index in [2.05, 4.69) is 9.11 Å². The lowest BCUT2D eigenvalue weighted by molar-refractivity contribution is -0.274. The van der Waals surface area contributed by atoms with E-state index in [1.807, 2.05) is 6.20 Å². The molecule has 0 saturated heterocycles. The van der Waals surface area contributed by atoms with Crippen LogP contribution in [0.4, 0.5) is 13.2 Å². The maximum Gasteiger partial charge on any atom is 0.573 e. The third-order valence-electron chi connectivity index (χ3n) is 0.594. The summed E-state index contributed by atoms with van der Waals surface area (Å²) in [6, 6.07) is 0. The highest BCUT2D eigenvalue weighted by molar-refractivity contribution is 7.03. The predicted molar refractivity (Wildman–Crippen MR) is 27.6 cm³/mol. The van der Waals surface area contributed by atoms with Crippen LogP contribution in [0.3, 0.4) is 0 Å². The molecule has 1 aromatic heterocycles. The summed E-state index contributed by atoms with van der Waals surface area (Å²) in [5.74, 6) is -0.391. The van der Waals surface area contributed by atoms with Crippen molar-refractivity contribution < 1.29 is 17.9 Å². The molecule has 1 heterocycles. The third kappa shape index (κ3) is 2.22. The molecular weight excluding hydrogens is 167 g/mol. The van der Waals surface area contributed by atoms with Crippen LogP contribution in [0.2, 0.25) is 0 Å². The molecule has 55 valence electrons. The number of halogens is 3. The van der Waals surface area contributed by atoms with Crippen molar-refractivity contribution in [2.45, 2.75) is 6.36 Å². The summed E-state index contributed by atoms with van der Waals surface area (Å²) in [5.41, 5.74) is 0. The molecule has 0 fully saturated rings. The van der Waals surface area contributed by atoms with Crippen molar-refractivity contribution in [2.75, 3.05) is 0 Å². The van der Waals surface area contributed by atoms with Gasteiger partial charge in [-0.2, -0.15) is 4.37 Å². The average molecular weight is 168 g/mol. The Morgan fingerprint density at radius 3 is 2.70 bits per heavy atom. The van der Waals surface area contributed by atoms with Crippen molar-refractivity contribution in [1.29, 1.82) is 0 Å². The van der Waals surface area contributed by atoms with E-state index in [1.165, 1.54) is 0 Å². The first-order valence-electron chi connectivity index (χ1n) is 2.16. The van der Waals surface area contributed by atoms with Crippen LogP contribution >= 0.6 is 11.5 Å². The third-order valence-corrected chi connectivity index (χ3v) is 1.11. The SMILES string of the molecule is FC(F)(F)Oc1[c]nsc1. The van der Waals surface area contributed by atoms with Crippen LogP contribution in [0.15, 0.2) is 5.38 Å². The van der Waals surface area contributed by atoms with Gasteiger partial charge in [0, 0.05) is 0 Å². The fourth-order valence-corrected chi connectivity index (χ4v) is 0.735. The monoisotopic (exact) mass is 168 g/mol. The maximum absolute atomic E-state index is 11.4. The van der Waals surface area contributed by atoms with E-state index in [9.17, 15) is 13.2 Å². The average Bonchev–Trinajstić information content (AvgIpc) is 2.12. The maximum atomic E-state index is 11.4. The summed E-state index contributed by atoms with van der Waals surface area (Å²) >= 11 is 0.850. The Hall–Kier alpha value is -0.780. The molecular formula is C4HF3NOS. The van der Waals surface area contributed by atoms with Gasteiger partial charge in [-0.05, 0) is 11.5 Å². The van der Waals surface area contributed by atoms with Crippen LogP contribution in [0.25, 0.3) is 0 Å². The molecule has 10 heavy (non-hydrogen) atoms. The van der Waals surface area contributed by atoms with Crippen molar-refractivity contribution in [3.05, 3.63) is 11.6 Å². The lowest BCUT2D eigenvalue weighted by Crippen LogP contribution is -2.16. The zero-order chi connectivity index (χ0) is 7.61. The summed E-state index contributed by atoms with van der Waals surface area (Å²) in [7, 11) is 0. The van der Waals surface area contributed by atoms with Gasteiger partial charge in [0.15, 0.2) is 5.75 Å². The first-order valence-corrected chi connectivity index (χ1v) is 2.99. The van der Waals surface area contributed by atoms with Gasteiger partial charge in [0.2, 0.25) is 0 Å². The van der Waals surface area contributed by atoms with Crippen LogP contribution in [-0.2, 0) is 0 Å². The number of ether oxygens (including phenoxy) is 1. The molecule has 0 amide bonds. The lowest BCUT2D eigenvalue weighted by atomic mass is 10.7. The molecule has 0 unspecified atom stereocenters. The lowest BCUT2D eigenvalue weighted by Gasteiger charge is -2.03. The minimum absolute atomic E-state index is 0.391. The molecule has 0 aromatic carbocycles. The van der Waals surface area contributed by atoms with Crippen LogP contribution < -0.4 is 4.74 Å². The molecule has 1 aromatic rings. The van der Waals surface area contributed by atoms with Gasteiger partial charge in [0.25, 0.3) is 0 Å². The smallest absolute Gasteiger partial charge is 0.402 e. The molecule has 0 aliphatic heterocycles. The van der Waals surface area contributed by atoms with Gasteiger partial charge < -0.3 is 4.74 Å².